The first-order valence-corrected chi connectivity index (χ1v) is 12.5. The van der Waals surface area contributed by atoms with Crippen LogP contribution < -0.4 is 0 Å². The highest BCUT2D eigenvalue weighted by Gasteiger charge is 2.43. The van der Waals surface area contributed by atoms with Gasteiger partial charge in [0.2, 0.25) is 0 Å². The van der Waals surface area contributed by atoms with E-state index in [1.165, 1.54) is 50.5 Å². The molecule has 0 aromatic heterocycles. The maximum atomic E-state index is 10.3. The van der Waals surface area contributed by atoms with Gasteiger partial charge in [0.05, 0.1) is 11.7 Å². The minimum Gasteiger partial charge on any atom is -0.390 e. The van der Waals surface area contributed by atoms with E-state index < -0.39 is 5.60 Å². The molecule has 168 valence electrons. The third-order valence-electron chi connectivity index (χ3n) is 8.37. The van der Waals surface area contributed by atoms with Crippen LogP contribution in [-0.2, 0) is 0 Å². The molecular formula is C28H44O2. The van der Waals surface area contributed by atoms with E-state index in [1.807, 2.05) is 6.92 Å². The van der Waals surface area contributed by atoms with Gasteiger partial charge in [-0.3, -0.25) is 0 Å². The van der Waals surface area contributed by atoms with E-state index in [2.05, 4.69) is 38.7 Å². The zero-order chi connectivity index (χ0) is 21.8. The van der Waals surface area contributed by atoms with E-state index in [1.54, 1.807) is 11.1 Å². The second-order valence-corrected chi connectivity index (χ2v) is 10.6. The fourth-order valence-corrected chi connectivity index (χ4v) is 5.89. The van der Waals surface area contributed by atoms with E-state index >= 15 is 0 Å². The van der Waals surface area contributed by atoms with Crippen LogP contribution in [-0.4, -0.2) is 21.9 Å². The number of hydrogen-bond acceptors (Lipinski definition) is 2. The third kappa shape index (κ3) is 5.37. The quantitative estimate of drug-likeness (QED) is 0.343. The Morgan fingerprint density at radius 1 is 1.20 bits per heavy atom. The van der Waals surface area contributed by atoms with Crippen LogP contribution in [0.15, 0.2) is 47.1 Å². The van der Waals surface area contributed by atoms with Gasteiger partial charge < -0.3 is 10.2 Å². The Hall–Kier alpha value is -1.12. The Morgan fingerprint density at radius 2 is 2.00 bits per heavy atom. The van der Waals surface area contributed by atoms with Crippen molar-refractivity contribution in [1.82, 2.24) is 0 Å². The minimum atomic E-state index is -0.501. The lowest BCUT2D eigenvalue weighted by atomic mass is 9.69. The van der Waals surface area contributed by atoms with Gasteiger partial charge in [0.1, 0.15) is 0 Å². The van der Waals surface area contributed by atoms with Gasteiger partial charge in [-0.15, -0.1) is 0 Å². The van der Waals surface area contributed by atoms with Gasteiger partial charge in [-0.1, -0.05) is 62.6 Å². The number of hydrogen-bond donors (Lipinski definition) is 2. The van der Waals surface area contributed by atoms with Crippen molar-refractivity contribution in [2.45, 2.75) is 116 Å². The van der Waals surface area contributed by atoms with Crippen molar-refractivity contribution in [2.75, 3.05) is 0 Å². The standard InChI is InChI=1S/C28H44O2/c1-5-27(3,30)19-8-7-13-24-17-18-25-23(11-6-9-20-28(24,25)4)16-15-22-12-10-14-26(29)21(22)2/h15-17,25-26,29-30H,2,5-14,18-20H2,1,3-4H3/b22-15-,23-16+/t25?,26-,27?,28+/m0/s1. The van der Waals surface area contributed by atoms with Crippen molar-refractivity contribution in [3.05, 3.63) is 47.1 Å². The predicted molar refractivity (Wildman–Crippen MR) is 127 cm³/mol. The van der Waals surface area contributed by atoms with Crippen molar-refractivity contribution < 1.29 is 10.2 Å². The molecule has 2 heteroatoms. The first-order chi connectivity index (χ1) is 14.3. The lowest BCUT2D eigenvalue weighted by Gasteiger charge is -2.35. The summed E-state index contributed by atoms with van der Waals surface area (Å²) in [6.07, 6.45) is 21.3. The van der Waals surface area contributed by atoms with Crippen LogP contribution in [0.25, 0.3) is 0 Å². The van der Waals surface area contributed by atoms with Gasteiger partial charge in [0, 0.05) is 0 Å². The highest BCUT2D eigenvalue weighted by Crippen LogP contribution is 2.54. The number of aliphatic hydroxyl groups is 2. The molecule has 3 aliphatic rings. The summed E-state index contributed by atoms with van der Waals surface area (Å²) in [5.41, 5.74) is 5.26. The first kappa shape index (κ1) is 23.5. The average Bonchev–Trinajstić information content (AvgIpc) is 2.94. The van der Waals surface area contributed by atoms with Gasteiger partial charge in [0.25, 0.3) is 0 Å². The fourth-order valence-electron chi connectivity index (χ4n) is 5.89. The van der Waals surface area contributed by atoms with E-state index in [4.69, 9.17) is 0 Å². The molecule has 0 saturated heterocycles. The Kier molecular flexibility index (Phi) is 7.85. The molecule has 4 atom stereocenters. The van der Waals surface area contributed by atoms with Crippen LogP contribution in [0.5, 0.6) is 0 Å². The number of allylic oxidation sites excluding steroid dienone is 5. The summed E-state index contributed by atoms with van der Waals surface area (Å²) in [6.45, 7) is 10.7. The Bertz CT molecular complexity index is 708. The van der Waals surface area contributed by atoms with Crippen LogP contribution in [0, 0.1) is 11.3 Å². The van der Waals surface area contributed by atoms with Crippen LogP contribution in [0.1, 0.15) is 104 Å². The largest absolute Gasteiger partial charge is 0.390 e. The third-order valence-corrected chi connectivity index (χ3v) is 8.37. The Balaban J connectivity index is 1.67. The zero-order valence-electron chi connectivity index (χ0n) is 19.7. The normalized spacial score (nSPS) is 34.6. The lowest BCUT2D eigenvalue weighted by molar-refractivity contribution is 0.0443. The summed E-state index contributed by atoms with van der Waals surface area (Å²) in [5.74, 6) is 0.632. The molecule has 2 saturated carbocycles. The summed E-state index contributed by atoms with van der Waals surface area (Å²) in [5, 5.41) is 20.4. The smallest absolute Gasteiger partial charge is 0.0787 e. The molecule has 0 aliphatic heterocycles. The predicted octanol–water partition coefficient (Wildman–Crippen LogP) is 7.19. The van der Waals surface area contributed by atoms with Crippen molar-refractivity contribution >= 4 is 0 Å². The molecule has 2 nitrogen and oxygen atoms in total. The number of fused-ring (bicyclic) bond motifs is 1. The van der Waals surface area contributed by atoms with Crippen molar-refractivity contribution in [3.8, 4) is 0 Å². The van der Waals surface area contributed by atoms with Gasteiger partial charge in [-0.25, -0.2) is 0 Å². The van der Waals surface area contributed by atoms with Gasteiger partial charge in [0.15, 0.2) is 0 Å². The molecule has 2 fully saturated rings. The summed E-state index contributed by atoms with van der Waals surface area (Å²) in [4.78, 5) is 0. The molecule has 2 unspecified atom stereocenters. The van der Waals surface area contributed by atoms with Crippen LogP contribution in [0.2, 0.25) is 0 Å². The molecular weight excluding hydrogens is 368 g/mol. The molecule has 0 bridgehead atoms. The zero-order valence-corrected chi connectivity index (χ0v) is 19.7. The van der Waals surface area contributed by atoms with E-state index in [-0.39, 0.29) is 6.10 Å². The number of unbranched alkanes of at least 4 members (excludes halogenated alkanes) is 1. The maximum absolute atomic E-state index is 10.3. The van der Waals surface area contributed by atoms with Crippen LogP contribution in [0.4, 0.5) is 0 Å². The number of aliphatic hydroxyl groups excluding tert-OH is 1. The molecule has 2 N–H and O–H groups in total. The van der Waals surface area contributed by atoms with Gasteiger partial charge >= 0.3 is 0 Å². The van der Waals surface area contributed by atoms with Gasteiger partial charge in [-0.05, 0) is 100 Å². The minimum absolute atomic E-state index is 0.303. The average molecular weight is 413 g/mol. The van der Waals surface area contributed by atoms with Crippen molar-refractivity contribution in [2.24, 2.45) is 11.3 Å². The monoisotopic (exact) mass is 412 g/mol. The molecule has 30 heavy (non-hydrogen) atoms. The molecule has 0 radical (unpaired) electrons. The SMILES string of the molecule is C=C1/C(=C\C=C2/CCCC[C@]3(C)C(CCCCC(C)(O)CC)=CCC23)CCC[C@@H]1O. The van der Waals surface area contributed by atoms with E-state index in [0.29, 0.717) is 11.3 Å². The molecule has 3 rings (SSSR count). The second-order valence-electron chi connectivity index (χ2n) is 10.6. The molecule has 3 aliphatic carbocycles. The Morgan fingerprint density at radius 3 is 2.77 bits per heavy atom. The highest BCUT2D eigenvalue weighted by atomic mass is 16.3. The van der Waals surface area contributed by atoms with Crippen molar-refractivity contribution in [1.29, 1.82) is 0 Å². The van der Waals surface area contributed by atoms with E-state index in [0.717, 1.165) is 44.1 Å². The first-order valence-electron chi connectivity index (χ1n) is 12.5. The van der Waals surface area contributed by atoms with Crippen LogP contribution in [0.3, 0.4) is 0 Å². The topological polar surface area (TPSA) is 40.5 Å². The maximum Gasteiger partial charge on any atom is 0.0787 e. The summed E-state index contributed by atoms with van der Waals surface area (Å²) in [7, 11) is 0. The number of rotatable bonds is 7. The van der Waals surface area contributed by atoms with Crippen LogP contribution >= 0.6 is 0 Å². The summed E-state index contributed by atoms with van der Waals surface area (Å²) >= 11 is 0. The van der Waals surface area contributed by atoms with Gasteiger partial charge in [-0.2, -0.15) is 0 Å². The molecule has 0 aromatic rings. The lowest BCUT2D eigenvalue weighted by Crippen LogP contribution is -2.26. The molecule has 0 aromatic carbocycles. The highest BCUT2D eigenvalue weighted by molar-refractivity contribution is 5.39. The fraction of sp³-hybridized carbons (Fsp3) is 0.714. The Labute approximate surface area is 184 Å². The molecule has 0 spiro atoms. The van der Waals surface area contributed by atoms with E-state index in [9.17, 15) is 10.2 Å². The molecule has 0 heterocycles. The summed E-state index contributed by atoms with van der Waals surface area (Å²) < 4.78 is 0. The molecule has 0 amide bonds. The summed E-state index contributed by atoms with van der Waals surface area (Å²) in [6, 6.07) is 0. The van der Waals surface area contributed by atoms with Crippen molar-refractivity contribution in [3.63, 3.8) is 0 Å². The second kappa shape index (κ2) is 10.0.